The van der Waals surface area contributed by atoms with E-state index >= 15 is 0 Å². The molecule has 0 N–H and O–H groups in total. The molecule has 0 unspecified atom stereocenters. The van der Waals surface area contributed by atoms with Gasteiger partial charge in [0.05, 0.1) is 5.69 Å². The summed E-state index contributed by atoms with van der Waals surface area (Å²) in [5, 5.41) is 17.2. The molecule has 2 aromatic heterocycles. The number of aryl methyl sites for hydroxylation is 1. The number of aromatic nitrogens is 1. The van der Waals surface area contributed by atoms with Gasteiger partial charge in [0.2, 0.25) is 0 Å². The van der Waals surface area contributed by atoms with E-state index in [2.05, 4.69) is 71.5 Å². The van der Waals surface area contributed by atoms with Gasteiger partial charge in [-0.25, -0.2) is 0 Å². The Morgan fingerprint density at radius 2 is 1.97 bits per heavy atom. The number of hydrogen-bond donors (Lipinski definition) is 0. The number of rotatable bonds is 7. The minimum Gasteiger partial charge on any atom is -0.356 e. The molecular formula is C27H30N4OS. The largest absolute Gasteiger partial charge is 0.356 e. The zero-order chi connectivity index (χ0) is 22.8. The molecule has 3 heterocycles. The van der Waals surface area contributed by atoms with Crippen molar-refractivity contribution < 1.29 is 4.52 Å². The second-order valence-corrected chi connectivity index (χ2v) is 10.6. The molecule has 33 heavy (non-hydrogen) atoms. The van der Waals surface area contributed by atoms with Crippen LogP contribution < -0.4 is 0 Å². The highest BCUT2D eigenvalue weighted by atomic mass is 32.1. The first-order valence-corrected chi connectivity index (χ1v) is 12.6. The van der Waals surface area contributed by atoms with Crippen LogP contribution >= 0.6 is 11.3 Å². The van der Waals surface area contributed by atoms with E-state index in [1.54, 1.807) is 11.3 Å². The van der Waals surface area contributed by atoms with Crippen LogP contribution in [-0.2, 0) is 19.5 Å². The molecular weight excluding hydrogens is 428 g/mol. The van der Waals surface area contributed by atoms with Crippen LogP contribution in [0.4, 0.5) is 0 Å². The number of hydrogen-bond acceptors (Lipinski definition) is 6. The second-order valence-electron chi connectivity index (χ2n) is 9.46. The first-order valence-electron chi connectivity index (χ1n) is 11.8. The maximum absolute atomic E-state index is 9.03. The van der Waals surface area contributed by atoms with Gasteiger partial charge in [-0.3, -0.25) is 4.90 Å². The van der Waals surface area contributed by atoms with Gasteiger partial charge in [0.15, 0.2) is 5.58 Å². The molecule has 0 radical (unpaired) electrons. The number of nitriles is 1. The van der Waals surface area contributed by atoms with Crippen molar-refractivity contribution in [1.82, 2.24) is 15.0 Å². The lowest BCUT2D eigenvalue weighted by Gasteiger charge is -2.31. The highest BCUT2D eigenvalue weighted by Gasteiger charge is 2.22. The van der Waals surface area contributed by atoms with Crippen LogP contribution in [0, 0.1) is 17.2 Å². The quantitative estimate of drug-likeness (QED) is 0.349. The normalized spacial score (nSPS) is 15.6. The van der Waals surface area contributed by atoms with E-state index in [0.717, 1.165) is 61.1 Å². The van der Waals surface area contributed by atoms with Crippen molar-refractivity contribution in [3.8, 4) is 6.07 Å². The summed E-state index contributed by atoms with van der Waals surface area (Å²) in [6.45, 7) is 4.06. The molecule has 4 aromatic rings. The molecule has 0 atom stereocenters. The van der Waals surface area contributed by atoms with Gasteiger partial charge >= 0.3 is 0 Å². The van der Waals surface area contributed by atoms with Crippen molar-refractivity contribution >= 4 is 33.1 Å². The average molecular weight is 459 g/mol. The molecule has 6 heteroatoms. The van der Waals surface area contributed by atoms with Crippen LogP contribution in [0.1, 0.15) is 40.3 Å². The minimum absolute atomic E-state index is 0.729. The fraction of sp³-hybridized carbons (Fsp3) is 0.407. The molecule has 1 fully saturated rings. The summed E-state index contributed by atoms with van der Waals surface area (Å²) in [6.07, 6.45) is 4.57. The Morgan fingerprint density at radius 3 is 2.73 bits per heavy atom. The summed E-state index contributed by atoms with van der Waals surface area (Å²) in [7, 11) is 4.19. The number of fused-ring (bicyclic) bond motifs is 2. The Bertz CT molecular complexity index is 1290. The van der Waals surface area contributed by atoms with E-state index < -0.39 is 0 Å². The molecule has 1 saturated heterocycles. The van der Waals surface area contributed by atoms with Crippen molar-refractivity contribution in [2.75, 3.05) is 27.2 Å². The summed E-state index contributed by atoms with van der Waals surface area (Å²) in [5.41, 5.74) is 3.27. The third-order valence-electron chi connectivity index (χ3n) is 6.78. The van der Waals surface area contributed by atoms with Gasteiger partial charge in [0.25, 0.3) is 0 Å². The summed E-state index contributed by atoms with van der Waals surface area (Å²) in [4.78, 5) is 6.81. The highest BCUT2D eigenvalue weighted by Crippen LogP contribution is 2.33. The molecule has 0 amide bonds. The summed E-state index contributed by atoms with van der Waals surface area (Å²) in [5.74, 6) is 0.729. The predicted molar refractivity (Wildman–Crippen MR) is 134 cm³/mol. The zero-order valence-corrected chi connectivity index (χ0v) is 20.2. The Hall–Kier alpha value is -2.72. The molecule has 2 aromatic carbocycles. The lowest BCUT2D eigenvalue weighted by atomic mass is 9.90. The monoisotopic (exact) mass is 458 g/mol. The number of benzene rings is 2. The van der Waals surface area contributed by atoms with Crippen LogP contribution in [0.5, 0.6) is 0 Å². The van der Waals surface area contributed by atoms with Crippen molar-refractivity contribution in [3.05, 3.63) is 63.5 Å². The Kier molecular flexibility index (Phi) is 6.45. The van der Waals surface area contributed by atoms with Crippen molar-refractivity contribution in [2.24, 2.45) is 5.92 Å². The van der Waals surface area contributed by atoms with Crippen molar-refractivity contribution in [3.63, 3.8) is 0 Å². The second kappa shape index (κ2) is 9.64. The number of piperidine rings is 1. The van der Waals surface area contributed by atoms with Gasteiger partial charge in [-0.05, 0) is 87.8 Å². The topological polar surface area (TPSA) is 56.3 Å². The van der Waals surface area contributed by atoms with Crippen LogP contribution in [0.2, 0.25) is 0 Å². The average Bonchev–Trinajstić information content (AvgIpc) is 3.45. The fourth-order valence-corrected chi connectivity index (χ4v) is 5.89. The summed E-state index contributed by atoms with van der Waals surface area (Å²) in [6, 6.07) is 17.1. The predicted octanol–water partition coefficient (Wildman–Crippen LogP) is 5.82. The first-order chi connectivity index (χ1) is 16.1. The number of nitrogens with zero attached hydrogens (tertiary/aromatic N) is 4. The SMILES string of the molecule is CN(C)Cc1c2ccccc2cc2c(CCC3CCN(Cc4ccc(C#N)s4)CC3)noc12. The van der Waals surface area contributed by atoms with Crippen molar-refractivity contribution in [1.29, 1.82) is 5.26 Å². The number of thiophene rings is 1. The van der Waals surface area contributed by atoms with Gasteiger partial charge in [0.1, 0.15) is 10.9 Å². The molecule has 5 rings (SSSR count). The smallest absolute Gasteiger partial charge is 0.172 e. The van der Waals surface area contributed by atoms with Crippen LogP contribution in [0.15, 0.2) is 47.0 Å². The molecule has 170 valence electrons. The maximum atomic E-state index is 9.03. The fourth-order valence-electron chi connectivity index (χ4n) is 5.04. The molecule has 1 aliphatic rings. The number of likely N-dealkylation sites (tertiary alicyclic amines) is 1. The first kappa shape index (κ1) is 22.1. The molecule has 0 spiro atoms. The zero-order valence-electron chi connectivity index (χ0n) is 19.4. The Balaban J connectivity index is 1.25. The van der Waals surface area contributed by atoms with Crippen LogP contribution in [-0.4, -0.2) is 42.1 Å². The van der Waals surface area contributed by atoms with E-state index in [4.69, 9.17) is 9.78 Å². The lowest BCUT2D eigenvalue weighted by Crippen LogP contribution is -2.33. The highest BCUT2D eigenvalue weighted by molar-refractivity contribution is 7.12. The molecule has 5 nitrogen and oxygen atoms in total. The third-order valence-corrected chi connectivity index (χ3v) is 7.76. The summed E-state index contributed by atoms with van der Waals surface area (Å²) < 4.78 is 5.92. The van der Waals surface area contributed by atoms with E-state index in [-0.39, 0.29) is 0 Å². The summed E-state index contributed by atoms with van der Waals surface area (Å²) >= 11 is 1.62. The van der Waals surface area contributed by atoms with Crippen LogP contribution in [0.25, 0.3) is 21.7 Å². The third kappa shape index (κ3) is 4.81. The molecule has 0 bridgehead atoms. The van der Waals surface area contributed by atoms with Crippen molar-refractivity contribution in [2.45, 2.75) is 38.8 Å². The lowest BCUT2D eigenvalue weighted by molar-refractivity contribution is 0.173. The Morgan fingerprint density at radius 1 is 1.15 bits per heavy atom. The standard InChI is InChI=1S/C27H30N4OS/c1-30(2)18-25-23-6-4-3-5-20(23)15-24-26(29-32-27(24)25)10-7-19-11-13-31(14-12-19)17-22-9-8-21(16-28)33-22/h3-6,8-9,15,19H,7,10-14,17-18H2,1-2H3. The molecule has 0 saturated carbocycles. The van der Waals surface area contributed by atoms with Gasteiger partial charge < -0.3 is 9.42 Å². The van der Waals surface area contributed by atoms with Gasteiger partial charge in [-0.15, -0.1) is 11.3 Å². The van der Waals surface area contributed by atoms with Gasteiger partial charge in [-0.2, -0.15) is 5.26 Å². The maximum Gasteiger partial charge on any atom is 0.172 e. The van der Waals surface area contributed by atoms with E-state index in [1.807, 2.05) is 6.07 Å². The van der Waals surface area contributed by atoms with E-state index in [9.17, 15) is 0 Å². The minimum atomic E-state index is 0.729. The van der Waals surface area contributed by atoms with E-state index in [1.165, 1.54) is 39.4 Å². The van der Waals surface area contributed by atoms with Gasteiger partial charge in [0, 0.05) is 28.9 Å². The molecule has 1 aliphatic heterocycles. The van der Waals surface area contributed by atoms with Crippen LogP contribution in [0.3, 0.4) is 0 Å². The molecule has 0 aliphatic carbocycles. The van der Waals surface area contributed by atoms with E-state index in [0.29, 0.717) is 0 Å². The Labute approximate surface area is 199 Å². The van der Waals surface area contributed by atoms with Gasteiger partial charge in [-0.1, -0.05) is 29.4 Å².